The fraction of sp³-hybridized carbons (Fsp3) is 0.516. The van der Waals surface area contributed by atoms with Crippen LogP contribution >= 0.6 is 0 Å². The Labute approximate surface area is 452 Å². The van der Waals surface area contributed by atoms with Crippen LogP contribution in [0.25, 0.3) is 0 Å². The van der Waals surface area contributed by atoms with Crippen LogP contribution in [-0.2, 0) is 65.9 Å². The molecule has 77 heavy (non-hydrogen) atoms. The highest BCUT2D eigenvalue weighted by molar-refractivity contribution is 5.73. The van der Waals surface area contributed by atoms with Crippen molar-refractivity contribution in [3.63, 3.8) is 0 Å². The van der Waals surface area contributed by atoms with Crippen molar-refractivity contribution >= 4 is 17.9 Å². The third-order valence-corrected chi connectivity index (χ3v) is 19.3. The van der Waals surface area contributed by atoms with Gasteiger partial charge in [-0.1, -0.05) is 125 Å². The van der Waals surface area contributed by atoms with E-state index in [-0.39, 0.29) is 91.4 Å². The van der Waals surface area contributed by atoms with Crippen LogP contribution in [0.1, 0.15) is 178 Å². The third kappa shape index (κ3) is 11.0. The van der Waals surface area contributed by atoms with Crippen LogP contribution in [0.15, 0.2) is 72.4 Å². The molecular weight excluding hydrogens is 971 g/mol. The van der Waals surface area contributed by atoms with Crippen molar-refractivity contribution in [2.45, 2.75) is 163 Å². The number of benzene rings is 4. The molecule has 10 rings (SSSR count). The summed E-state index contributed by atoms with van der Waals surface area (Å²) in [6.07, 6.45) is 17.3. The Morgan fingerprint density at radius 1 is 0.675 bits per heavy atom. The van der Waals surface area contributed by atoms with Gasteiger partial charge in [-0.25, -0.2) is 4.68 Å². The monoisotopic (exact) mass is 1050 g/mol. The van der Waals surface area contributed by atoms with Gasteiger partial charge in [0.2, 0.25) is 0 Å². The molecule has 0 saturated heterocycles. The molecule has 0 amide bonds. The van der Waals surface area contributed by atoms with Crippen LogP contribution in [0.5, 0.6) is 23.0 Å². The maximum Gasteiger partial charge on any atom is 0.307 e. The zero-order valence-corrected chi connectivity index (χ0v) is 45.5. The fourth-order valence-corrected chi connectivity index (χ4v) is 15.7. The van der Waals surface area contributed by atoms with Gasteiger partial charge < -0.3 is 35.4 Å². The number of carbonyl (C=O) groups is 3. The molecule has 5 aliphatic carbocycles. The molecule has 408 valence electrons. The van der Waals surface area contributed by atoms with E-state index >= 15 is 0 Å². The molecule has 1 heterocycles. The Morgan fingerprint density at radius 3 is 1.70 bits per heavy atom. The summed E-state index contributed by atoms with van der Waals surface area (Å²) in [6, 6.07) is 15.3. The van der Waals surface area contributed by atoms with E-state index in [1.807, 2.05) is 29.1 Å². The van der Waals surface area contributed by atoms with Gasteiger partial charge >= 0.3 is 17.9 Å². The number of nitrogens with zero attached hydrogens (tertiary/aromatic N) is 3. The number of allylic oxidation sites excluding steroid dienone is 2. The lowest BCUT2D eigenvalue weighted by Gasteiger charge is -2.58. The van der Waals surface area contributed by atoms with Crippen molar-refractivity contribution in [1.29, 1.82) is 0 Å². The lowest BCUT2D eigenvalue weighted by atomic mass is 9.47. The summed E-state index contributed by atoms with van der Waals surface area (Å²) in [4.78, 5) is 36.3. The van der Waals surface area contributed by atoms with Crippen LogP contribution in [0.3, 0.4) is 0 Å². The first-order valence-corrected chi connectivity index (χ1v) is 28.3. The maximum absolute atomic E-state index is 12.2. The van der Waals surface area contributed by atoms with Crippen LogP contribution in [0.4, 0.5) is 0 Å². The molecule has 8 bridgehead atoms. The summed E-state index contributed by atoms with van der Waals surface area (Å²) in [5.41, 5.74) is 7.45. The molecule has 8 atom stereocenters. The first-order valence-electron chi connectivity index (χ1n) is 28.3. The van der Waals surface area contributed by atoms with Gasteiger partial charge in [0, 0.05) is 25.7 Å². The number of phenolic OH excluding ortho intramolecular Hbond substituents is 3. The van der Waals surface area contributed by atoms with Crippen LogP contribution in [0.2, 0.25) is 0 Å². The number of aliphatic carboxylic acids is 3. The predicted molar refractivity (Wildman–Crippen MR) is 292 cm³/mol. The van der Waals surface area contributed by atoms with Crippen molar-refractivity contribution in [2.24, 2.45) is 46.3 Å². The molecule has 3 saturated carbocycles. The molecule has 1 aromatic heterocycles. The number of carboxylic acids is 3. The highest BCUT2D eigenvalue weighted by Gasteiger charge is 2.59. The number of hydrogen-bond acceptors (Lipinski definition) is 9. The van der Waals surface area contributed by atoms with Gasteiger partial charge in [-0.15, -0.1) is 5.10 Å². The standard InChI is InChI=1S/C64H77N3O10/c1-36(2)8-6-9-37(3)53-14-15-54-52-13-12-49-33-51(16-18-63(49,4)55(52)17-19-64(53,54)5)67-34-50(65-66-67)35-77-62-41-10-7-11-42(62)30-44-21-39(27-57(70)71)23-46(60(44)75)32-48-25-40(28-58(72)73)24-47(61(48)76)31-45-22-38(26-56(68)69)20-43(29-41)59(45)74/h7,10-12,20-25,34,36-37,51-55,74-76H,6,8-9,13-19,26-33,35H2,1-5H3,(H,68,69)(H,70,71)(H,72,73). The zero-order valence-electron chi connectivity index (χ0n) is 45.5. The topological polar surface area (TPSA) is 213 Å². The molecule has 5 aliphatic rings. The van der Waals surface area contributed by atoms with Crippen molar-refractivity contribution in [3.8, 4) is 23.0 Å². The SMILES string of the molecule is CC(C)CCCC(C)C1CCC2C3CC=C4CC(n5cc(COc6c7cccc6Cc6cc(CC(=O)O)cc(c6O)Cc6cc(CC(=O)O)cc(c6O)Cc6cc(CC(=O)O)cc(c6O)C7)nn5)CCC4(C)C3CCC12C. The van der Waals surface area contributed by atoms with E-state index in [2.05, 4.69) is 45.8 Å². The number of para-hydroxylation sites is 1. The quantitative estimate of drug-likeness (QED) is 0.0530. The Balaban J connectivity index is 0.934. The van der Waals surface area contributed by atoms with E-state index in [1.54, 1.807) is 42.0 Å². The highest BCUT2D eigenvalue weighted by Crippen LogP contribution is 2.68. The van der Waals surface area contributed by atoms with Crippen LogP contribution in [0, 0.1) is 46.3 Å². The molecule has 0 spiro atoms. The largest absolute Gasteiger partial charge is 0.507 e. The van der Waals surface area contributed by atoms with Crippen molar-refractivity contribution < 1.29 is 49.8 Å². The number of aromatic hydroxyl groups is 3. The van der Waals surface area contributed by atoms with Crippen LogP contribution < -0.4 is 4.74 Å². The van der Waals surface area contributed by atoms with E-state index in [9.17, 15) is 45.0 Å². The van der Waals surface area contributed by atoms with Gasteiger partial charge in [-0.3, -0.25) is 14.4 Å². The van der Waals surface area contributed by atoms with Gasteiger partial charge in [-0.05, 0) is 159 Å². The minimum atomic E-state index is -1.10. The highest BCUT2D eigenvalue weighted by atomic mass is 16.5. The maximum atomic E-state index is 12.2. The summed E-state index contributed by atoms with van der Waals surface area (Å²) in [5.74, 6) is 1.50. The first kappa shape index (κ1) is 53.8. The van der Waals surface area contributed by atoms with Gasteiger partial charge in [0.05, 0.1) is 31.5 Å². The number of fused-ring (bicyclic) bond motifs is 13. The number of ether oxygens (including phenoxy) is 1. The van der Waals surface area contributed by atoms with E-state index in [4.69, 9.17) is 9.95 Å². The predicted octanol–water partition coefficient (Wildman–Crippen LogP) is 12.1. The van der Waals surface area contributed by atoms with Gasteiger partial charge in [-0.2, -0.15) is 0 Å². The fourth-order valence-electron chi connectivity index (χ4n) is 15.7. The number of aromatic nitrogens is 3. The molecule has 13 heteroatoms. The molecule has 13 nitrogen and oxygen atoms in total. The second kappa shape index (κ2) is 21.7. The van der Waals surface area contributed by atoms with Crippen molar-refractivity contribution in [1.82, 2.24) is 15.0 Å². The van der Waals surface area contributed by atoms with Gasteiger partial charge in [0.25, 0.3) is 0 Å². The summed E-state index contributed by atoms with van der Waals surface area (Å²) in [5, 5.41) is 74.9. The Kier molecular flexibility index (Phi) is 15.1. The number of rotatable bonds is 15. The Morgan fingerprint density at radius 2 is 1.19 bits per heavy atom. The molecule has 5 aromatic rings. The Bertz CT molecular complexity index is 3000. The van der Waals surface area contributed by atoms with E-state index in [0.717, 1.165) is 48.9 Å². The smallest absolute Gasteiger partial charge is 0.307 e. The van der Waals surface area contributed by atoms with Crippen LogP contribution in [-0.4, -0.2) is 63.5 Å². The van der Waals surface area contributed by atoms with Gasteiger partial charge in [0.1, 0.15) is 35.3 Å². The second-order valence-electron chi connectivity index (χ2n) is 24.8. The van der Waals surface area contributed by atoms with Gasteiger partial charge in [0.15, 0.2) is 0 Å². The molecule has 0 aliphatic heterocycles. The van der Waals surface area contributed by atoms with E-state index in [1.165, 1.54) is 51.4 Å². The van der Waals surface area contributed by atoms with Crippen molar-refractivity contribution in [2.75, 3.05) is 0 Å². The lowest BCUT2D eigenvalue weighted by molar-refractivity contribution is -0.137. The molecule has 4 aromatic carbocycles. The minimum Gasteiger partial charge on any atom is -0.507 e. The molecule has 6 N–H and O–H groups in total. The lowest BCUT2D eigenvalue weighted by Crippen LogP contribution is -2.50. The zero-order chi connectivity index (χ0) is 54.5. The minimum absolute atomic E-state index is 0.0531. The molecular formula is C64H77N3O10. The normalized spacial score (nSPS) is 25.0. The van der Waals surface area contributed by atoms with E-state index in [0.29, 0.717) is 72.8 Å². The Hall–Kier alpha value is -6.63. The first-order chi connectivity index (χ1) is 36.8. The average molecular weight is 1050 g/mol. The summed E-state index contributed by atoms with van der Waals surface area (Å²) >= 11 is 0. The number of hydrogen-bond donors (Lipinski definition) is 6. The molecule has 0 radical (unpaired) electrons. The average Bonchev–Trinajstić information content (AvgIpc) is 4.19. The summed E-state index contributed by atoms with van der Waals surface area (Å²) < 4.78 is 8.82. The van der Waals surface area contributed by atoms with E-state index < -0.39 is 17.9 Å². The number of carboxylic acid groups (broad SMARTS) is 3. The summed E-state index contributed by atoms with van der Waals surface area (Å²) in [7, 11) is 0. The number of phenols is 3. The molecule has 3 fully saturated rings. The van der Waals surface area contributed by atoms with Crippen molar-refractivity contribution in [3.05, 3.63) is 139 Å². The molecule has 8 unspecified atom stereocenters. The third-order valence-electron chi connectivity index (χ3n) is 19.3. The summed E-state index contributed by atoms with van der Waals surface area (Å²) in [6.45, 7) is 12.5. The second-order valence-corrected chi connectivity index (χ2v) is 24.8.